The molecule has 1 heterocycles. The van der Waals surface area contributed by atoms with E-state index in [4.69, 9.17) is 10.5 Å². The van der Waals surface area contributed by atoms with Crippen molar-refractivity contribution >= 4 is 0 Å². The number of hydrogen-bond acceptors (Lipinski definition) is 4. The number of hydrogen-bond donors (Lipinski definition) is 1. The molecule has 1 aliphatic carbocycles. The highest BCUT2D eigenvalue weighted by Gasteiger charge is 2.48. The van der Waals surface area contributed by atoms with E-state index in [1.54, 1.807) is 7.11 Å². The highest BCUT2D eigenvalue weighted by molar-refractivity contribution is 5.05. The summed E-state index contributed by atoms with van der Waals surface area (Å²) in [5.74, 6) is 0. The molecule has 0 unspecified atom stereocenters. The van der Waals surface area contributed by atoms with Crippen molar-refractivity contribution in [2.75, 3.05) is 46.4 Å². The predicted molar refractivity (Wildman–Crippen MR) is 65.5 cm³/mol. The summed E-state index contributed by atoms with van der Waals surface area (Å²) in [6.45, 7) is 8.90. The molecule has 0 aromatic carbocycles. The Morgan fingerprint density at radius 3 is 2.31 bits per heavy atom. The maximum Gasteiger partial charge on any atom is 0.0607 e. The highest BCUT2D eigenvalue weighted by atomic mass is 16.5. The van der Waals surface area contributed by atoms with Gasteiger partial charge in [0.05, 0.1) is 6.10 Å². The summed E-state index contributed by atoms with van der Waals surface area (Å²) in [5.41, 5.74) is 6.22. The maximum absolute atomic E-state index is 5.97. The summed E-state index contributed by atoms with van der Waals surface area (Å²) < 4.78 is 5.38. The van der Waals surface area contributed by atoms with Crippen molar-refractivity contribution in [3.05, 3.63) is 0 Å². The third kappa shape index (κ3) is 2.12. The van der Waals surface area contributed by atoms with E-state index in [2.05, 4.69) is 16.7 Å². The Balaban J connectivity index is 1.87. The van der Waals surface area contributed by atoms with E-state index in [1.807, 2.05) is 0 Å². The third-order valence-corrected chi connectivity index (χ3v) is 4.42. The largest absolute Gasteiger partial charge is 0.381 e. The van der Waals surface area contributed by atoms with Crippen LogP contribution in [0.4, 0.5) is 0 Å². The first kappa shape index (κ1) is 12.3. The van der Waals surface area contributed by atoms with E-state index in [-0.39, 0.29) is 5.54 Å². The number of likely N-dealkylation sites (N-methyl/N-ethyl adjacent to an activating group) is 1. The van der Waals surface area contributed by atoms with Crippen LogP contribution in [-0.2, 0) is 4.74 Å². The molecule has 94 valence electrons. The minimum atomic E-state index is 0.251. The Bertz CT molecular complexity index is 220. The second-order valence-corrected chi connectivity index (χ2v) is 5.12. The van der Waals surface area contributed by atoms with E-state index in [0.29, 0.717) is 6.10 Å². The van der Waals surface area contributed by atoms with Gasteiger partial charge in [-0.2, -0.15) is 0 Å². The van der Waals surface area contributed by atoms with E-state index in [1.165, 1.54) is 32.7 Å². The van der Waals surface area contributed by atoms with Gasteiger partial charge in [0.1, 0.15) is 0 Å². The molecule has 2 fully saturated rings. The lowest BCUT2D eigenvalue weighted by atomic mass is 9.72. The van der Waals surface area contributed by atoms with E-state index < -0.39 is 0 Å². The molecule has 0 aromatic rings. The van der Waals surface area contributed by atoms with Crippen LogP contribution in [0.15, 0.2) is 0 Å². The number of nitrogens with two attached hydrogens (primary N) is 1. The van der Waals surface area contributed by atoms with Crippen LogP contribution in [-0.4, -0.2) is 67.8 Å². The molecule has 0 bridgehead atoms. The van der Waals surface area contributed by atoms with Gasteiger partial charge in [0.15, 0.2) is 0 Å². The van der Waals surface area contributed by atoms with Gasteiger partial charge < -0.3 is 15.4 Å². The lowest BCUT2D eigenvalue weighted by Crippen LogP contribution is -2.67. The van der Waals surface area contributed by atoms with Crippen molar-refractivity contribution in [1.29, 1.82) is 0 Å². The van der Waals surface area contributed by atoms with Crippen molar-refractivity contribution in [1.82, 2.24) is 9.80 Å². The standard InChI is InChI=1S/C12H25N3O/c1-3-14-4-6-15(7-5-14)12(10-13)8-11(9-12)16-2/h11H,3-10,13H2,1-2H3. The molecular weight excluding hydrogens is 202 g/mol. The van der Waals surface area contributed by atoms with Crippen molar-refractivity contribution in [2.24, 2.45) is 5.73 Å². The number of ether oxygens (including phenoxy) is 1. The molecule has 4 heteroatoms. The van der Waals surface area contributed by atoms with Gasteiger partial charge >= 0.3 is 0 Å². The molecule has 2 N–H and O–H groups in total. The molecule has 2 aliphatic rings. The zero-order valence-electron chi connectivity index (χ0n) is 10.6. The Morgan fingerprint density at radius 2 is 1.88 bits per heavy atom. The second kappa shape index (κ2) is 5.00. The normalized spacial score (nSPS) is 37.3. The monoisotopic (exact) mass is 227 g/mol. The minimum Gasteiger partial charge on any atom is -0.381 e. The van der Waals surface area contributed by atoms with Gasteiger partial charge in [-0.05, 0) is 19.4 Å². The summed E-state index contributed by atoms with van der Waals surface area (Å²) in [7, 11) is 1.81. The fourth-order valence-corrected chi connectivity index (χ4v) is 3.05. The zero-order valence-corrected chi connectivity index (χ0v) is 10.6. The van der Waals surface area contributed by atoms with Crippen LogP contribution >= 0.6 is 0 Å². The van der Waals surface area contributed by atoms with Crippen LogP contribution in [0.1, 0.15) is 19.8 Å². The molecule has 0 radical (unpaired) electrons. The van der Waals surface area contributed by atoms with Crippen LogP contribution in [0.5, 0.6) is 0 Å². The molecule has 1 saturated carbocycles. The molecule has 0 atom stereocenters. The Hall–Kier alpha value is -0.160. The molecule has 1 aliphatic heterocycles. The van der Waals surface area contributed by atoms with Gasteiger partial charge in [0, 0.05) is 45.4 Å². The molecule has 4 nitrogen and oxygen atoms in total. The molecule has 0 amide bonds. The first-order valence-electron chi connectivity index (χ1n) is 6.44. The summed E-state index contributed by atoms with van der Waals surface area (Å²) in [5, 5.41) is 0. The predicted octanol–water partition coefficient (Wildman–Crippen LogP) is 0.130. The molecule has 16 heavy (non-hydrogen) atoms. The van der Waals surface area contributed by atoms with Crippen molar-refractivity contribution in [3.63, 3.8) is 0 Å². The first-order valence-corrected chi connectivity index (χ1v) is 6.44. The topological polar surface area (TPSA) is 41.7 Å². The summed E-state index contributed by atoms with van der Waals surface area (Å²) in [6, 6.07) is 0. The fraction of sp³-hybridized carbons (Fsp3) is 1.00. The Labute approximate surface area is 98.7 Å². The molecule has 2 rings (SSSR count). The van der Waals surface area contributed by atoms with E-state index >= 15 is 0 Å². The van der Waals surface area contributed by atoms with Crippen LogP contribution < -0.4 is 5.73 Å². The number of piperazine rings is 1. The van der Waals surface area contributed by atoms with Crippen molar-refractivity contribution in [2.45, 2.75) is 31.4 Å². The van der Waals surface area contributed by atoms with Crippen molar-refractivity contribution in [3.8, 4) is 0 Å². The quantitative estimate of drug-likeness (QED) is 0.741. The second-order valence-electron chi connectivity index (χ2n) is 5.12. The van der Waals surface area contributed by atoms with Gasteiger partial charge in [-0.1, -0.05) is 6.92 Å². The highest BCUT2D eigenvalue weighted by Crippen LogP contribution is 2.39. The summed E-state index contributed by atoms with van der Waals surface area (Å²) in [4.78, 5) is 5.10. The number of nitrogens with zero attached hydrogens (tertiary/aromatic N) is 2. The average Bonchev–Trinajstić information content (AvgIpc) is 2.30. The van der Waals surface area contributed by atoms with Crippen molar-refractivity contribution < 1.29 is 4.74 Å². The van der Waals surface area contributed by atoms with E-state index in [9.17, 15) is 0 Å². The maximum atomic E-state index is 5.97. The van der Waals surface area contributed by atoms with Gasteiger partial charge in [-0.25, -0.2) is 0 Å². The van der Waals surface area contributed by atoms with Gasteiger partial charge in [0.2, 0.25) is 0 Å². The zero-order chi connectivity index (χ0) is 11.6. The van der Waals surface area contributed by atoms with Gasteiger partial charge in [-0.3, -0.25) is 4.90 Å². The number of methoxy groups -OCH3 is 1. The lowest BCUT2D eigenvalue weighted by molar-refractivity contribution is -0.0986. The molecule has 0 spiro atoms. The third-order valence-electron chi connectivity index (χ3n) is 4.42. The molecular formula is C12H25N3O. The van der Waals surface area contributed by atoms with Crippen LogP contribution in [0.25, 0.3) is 0 Å². The van der Waals surface area contributed by atoms with Crippen LogP contribution in [0, 0.1) is 0 Å². The first-order chi connectivity index (χ1) is 7.74. The Kier molecular flexibility index (Phi) is 3.85. The SMILES string of the molecule is CCN1CCN(C2(CN)CC(OC)C2)CC1. The summed E-state index contributed by atoms with van der Waals surface area (Å²) in [6.07, 6.45) is 2.67. The Morgan fingerprint density at radius 1 is 1.25 bits per heavy atom. The van der Waals surface area contributed by atoms with Gasteiger partial charge in [-0.15, -0.1) is 0 Å². The molecule has 1 saturated heterocycles. The van der Waals surface area contributed by atoms with Crippen LogP contribution in [0.2, 0.25) is 0 Å². The molecule has 0 aromatic heterocycles. The average molecular weight is 227 g/mol. The minimum absolute atomic E-state index is 0.251. The van der Waals surface area contributed by atoms with E-state index in [0.717, 1.165) is 19.4 Å². The van der Waals surface area contributed by atoms with Gasteiger partial charge in [0.25, 0.3) is 0 Å². The summed E-state index contributed by atoms with van der Waals surface area (Å²) >= 11 is 0. The smallest absolute Gasteiger partial charge is 0.0607 e. The fourth-order valence-electron chi connectivity index (χ4n) is 3.05. The lowest BCUT2D eigenvalue weighted by Gasteiger charge is -2.55. The van der Waals surface area contributed by atoms with Crippen LogP contribution in [0.3, 0.4) is 0 Å². The number of rotatable bonds is 4.